The molecule has 0 amide bonds. The van der Waals surface area contributed by atoms with Crippen molar-refractivity contribution in [1.82, 2.24) is 15.5 Å². The summed E-state index contributed by atoms with van der Waals surface area (Å²) >= 11 is 0. The molecule has 5 nitrogen and oxygen atoms in total. The Labute approximate surface area is 166 Å². The Bertz CT molecular complexity index is 318. The van der Waals surface area contributed by atoms with Crippen LogP contribution in [0.4, 0.5) is 0 Å². The zero-order valence-electron chi connectivity index (χ0n) is 16.1. The van der Waals surface area contributed by atoms with Gasteiger partial charge in [0, 0.05) is 46.4 Å². The first-order valence-electron chi connectivity index (χ1n) is 9.39. The number of hydrogen-bond donors (Lipinski definition) is 2. The maximum Gasteiger partial charge on any atom is 0.191 e. The number of unbranched alkanes of at least 4 members (excludes halogenated alkanes) is 1. The first-order chi connectivity index (χ1) is 11.2. The number of hydrogen-bond acceptors (Lipinski definition) is 3. The molecule has 24 heavy (non-hydrogen) atoms. The Morgan fingerprint density at radius 1 is 1.12 bits per heavy atom. The van der Waals surface area contributed by atoms with Gasteiger partial charge in [-0.2, -0.15) is 0 Å². The maximum absolute atomic E-state index is 5.05. The van der Waals surface area contributed by atoms with Gasteiger partial charge in [-0.15, -0.1) is 24.0 Å². The first-order valence-corrected chi connectivity index (χ1v) is 9.39. The van der Waals surface area contributed by atoms with Crippen LogP contribution in [0.25, 0.3) is 0 Å². The molecule has 1 rings (SSSR count). The SMILES string of the molecule is CCNC(=NCCCOC)NCCCCN1CC(C)CC(C)C1.I. The molecule has 0 spiro atoms. The molecule has 2 unspecified atom stereocenters. The van der Waals surface area contributed by atoms with Crippen molar-refractivity contribution >= 4 is 29.9 Å². The Kier molecular flexibility index (Phi) is 15.1. The average molecular weight is 454 g/mol. The average Bonchev–Trinajstić information content (AvgIpc) is 2.50. The Morgan fingerprint density at radius 2 is 1.83 bits per heavy atom. The number of guanidine groups is 1. The van der Waals surface area contributed by atoms with Gasteiger partial charge in [-0.25, -0.2) is 0 Å². The van der Waals surface area contributed by atoms with Gasteiger partial charge in [-0.05, 0) is 51.0 Å². The summed E-state index contributed by atoms with van der Waals surface area (Å²) in [5, 5.41) is 6.73. The first kappa shape index (κ1) is 23.9. The molecule has 0 saturated carbocycles. The molecular weight excluding hydrogens is 415 g/mol. The second-order valence-corrected chi connectivity index (χ2v) is 6.95. The Morgan fingerprint density at radius 3 is 2.46 bits per heavy atom. The van der Waals surface area contributed by atoms with Crippen molar-refractivity contribution < 1.29 is 4.74 Å². The van der Waals surface area contributed by atoms with Crippen LogP contribution in [-0.4, -0.2) is 63.8 Å². The molecule has 2 atom stereocenters. The molecule has 1 fully saturated rings. The van der Waals surface area contributed by atoms with Crippen molar-refractivity contribution in [3.8, 4) is 0 Å². The minimum absolute atomic E-state index is 0. The van der Waals surface area contributed by atoms with Crippen LogP contribution in [0.1, 0.15) is 46.5 Å². The molecule has 144 valence electrons. The summed E-state index contributed by atoms with van der Waals surface area (Å²) in [6.07, 6.45) is 4.82. The number of nitrogens with one attached hydrogen (secondary N) is 2. The fourth-order valence-electron chi connectivity index (χ4n) is 3.38. The Balaban J connectivity index is 0.00000529. The number of likely N-dealkylation sites (tertiary alicyclic amines) is 1. The molecule has 0 aliphatic carbocycles. The largest absolute Gasteiger partial charge is 0.385 e. The molecule has 6 heteroatoms. The summed E-state index contributed by atoms with van der Waals surface area (Å²) in [4.78, 5) is 7.20. The van der Waals surface area contributed by atoms with Gasteiger partial charge < -0.3 is 20.3 Å². The number of rotatable bonds is 10. The minimum atomic E-state index is 0. The van der Waals surface area contributed by atoms with E-state index in [1.54, 1.807) is 7.11 Å². The van der Waals surface area contributed by atoms with Gasteiger partial charge in [0.25, 0.3) is 0 Å². The lowest BCUT2D eigenvalue weighted by molar-refractivity contribution is 0.139. The van der Waals surface area contributed by atoms with Crippen molar-refractivity contribution in [3.05, 3.63) is 0 Å². The highest BCUT2D eigenvalue weighted by Crippen LogP contribution is 2.20. The number of piperidine rings is 1. The Hall–Kier alpha value is -0.0800. The predicted molar refractivity (Wildman–Crippen MR) is 115 cm³/mol. The number of methoxy groups -OCH3 is 1. The summed E-state index contributed by atoms with van der Waals surface area (Å²) in [7, 11) is 1.73. The lowest BCUT2D eigenvalue weighted by atomic mass is 9.92. The van der Waals surface area contributed by atoms with Crippen LogP contribution in [0, 0.1) is 11.8 Å². The molecule has 0 aromatic carbocycles. The highest BCUT2D eigenvalue weighted by atomic mass is 127. The van der Waals surface area contributed by atoms with Crippen molar-refractivity contribution in [1.29, 1.82) is 0 Å². The van der Waals surface area contributed by atoms with E-state index in [-0.39, 0.29) is 24.0 Å². The molecule has 0 aromatic heterocycles. The summed E-state index contributed by atoms with van der Waals surface area (Å²) in [6, 6.07) is 0. The normalized spacial score (nSPS) is 22.1. The van der Waals surface area contributed by atoms with E-state index < -0.39 is 0 Å². The lowest BCUT2D eigenvalue weighted by Crippen LogP contribution is -2.40. The molecular formula is C18H39IN4O. The van der Waals surface area contributed by atoms with E-state index in [1.165, 1.54) is 38.9 Å². The van der Waals surface area contributed by atoms with Crippen LogP contribution in [0.15, 0.2) is 4.99 Å². The smallest absolute Gasteiger partial charge is 0.191 e. The van der Waals surface area contributed by atoms with Gasteiger partial charge in [0.1, 0.15) is 0 Å². The summed E-state index contributed by atoms with van der Waals surface area (Å²) in [5.74, 6) is 2.65. The zero-order chi connectivity index (χ0) is 16.9. The lowest BCUT2D eigenvalue weighted by Gasteiger charge is -2.34. The van der Waals surface area contributed by atoms with Crippen LogP contribution in [0.5, 0.6) is 0 Å². The number of nitrogens with zero attached hydrogens (tertiary/aromatic N) is 2. The van der Waals surface area contributed by atoms with Crippen LogP contribution in [0.3, 0.4) is 0 Å². The van der Waals surface area contributed by atoms with Crippen molar-refractivity contribution in [2.24, 2.45) is 16.8 Å². The molecule has 0 aromatic rings. The van der Waals surface area contributed by atoms with Gasteiger partial charge >= 0.3 is 0 Å². The maximum atomic E-state index is 5.05. The highest BCUT2D eigenvalue weighted by Gasteiger charge is 2.20. The zero-order valence-corrected chi connectivity index (χ0v) is 18.5. The second-order valence-electron chi connectivity index (χ2n) is 6.95. The van der Waals surface area contributed by atoms with Crippen LogP contribution < -0.4 is 10.6 Å². The third-order valence-corrected chi connectivity index (χ3v) is 4.26. The fourth-order valence-corrected chi connectivity index (χ4v) is 3.38. The number of ether oxygens (including phenoxy) is 1. The monoisotopic (exact) mass is 454 g/mol. The molecule has 1 heterocycles. The predicted octanol–water partition coefficient (Wildman–Crippen LogP) is 2.95. The van der Waals surface area contributed by atoms with Crippen LogP contribution in [-0.2, 0) is 4.74 Å². The van der Waals surface area contributed by atoms with E-state index in [0.717, 1.165) is 50.5 Å². The van der Waals surface area contributed by atoms with Gasteiger partial charge in [0.2, 0.25) is 0 Å². The molecule has 0 bridgehead atoms. The van der Waals surface area contributed by atoms with E-state index in [4.69, 9.17) is 4.74 Å². The van der Waals surface area contributed by atoms with E-state index in [2.05, 4.69) is 41.3 Å². The van der Waals surface area contributed by atoms with Crippen molar-refractivity contribution in [3.63, 3.8) is 0 Å². The molecule has 1 saturated heterocycles. The van der Waals surface area contributed by atoms with E-state index in [0.29, 0.717) is 0 Å². The van der Waals surface area contributed by atoms with Crippen molar-refractivity contribution in [2.75, 3.05) is 53.0 Å². The second kappa shape index (κ2) is 15.2. The highest BCUT2D eigenvalue weighted by molar-refractivity contribution is 14.0. The standard InChI is InChI=1S/C18H38N4O.HI/c1-5-19-18(21-10-8-12-23-4)20-9-6-7-11-22-14-16(2)13-17(3)15-22;/h16-17H,5-15H2,1-4H3,(H2,19,20,21);1H. The molecule has 1 aliphatic heterocycles. The third kappa shape index (κ3) is 11.5. The molecule has 1 aliphatic rings. The quantitative estimate of drug-likeness (QED) is 0.231. The fraction of sp³-hybridized carbons (Fsp3) is 0.944. The number of aliphatic imine (C=N–C) groups is 1. The van der Waals surface area contributed by atoms with Crippen molar-refractivity contribution in [2.45, 2.75) is 46.5 Å². The molecule has 2 N–H and O–H groups in total. The van der Waals surface area contributed by atoms with E-state index >= 15 is 0 Å². The topological polar surface area (TPSA) is 48.9 Å². The summed E-state index contributed by atoms with van der Waals surface area (Å²) < 4.78 is 5.05. The number of halogens is 1. The van der Waals surface area contributed by atoms with E-state index in [1.807, 2.05) is 0 Å². The van der Waals surface area contributed by atoms with Gasteiger partial charge in [0.15, 0.2) is 5.96 Å². The minimum Gasteiger partial charge on any atom is -0.385 e. The van der Waals surface area contributed by atoms with Crippen LogP contribution in [0.2, 0.25) is 0 Å². The summed E-state index contributed by atoms with van der Waals surface area (Å²) in [5.41, 5.74) is 0. The van der Waals surface area contributed by atoms with Gasteiger partial charge in [-0.1, -0.05) is 13.8 Å². The van der Waals surface area contributed by atoms with E-state index in [9.17, 15) is 0 Å². The van der Waals surface area contributed by atoms with Gasteiger partial charge in [0.05, 0.1) is 0 Å². The van der Waals surface area contributed by atoms with Crippen LogP contribution >= 0.6 is 24.0 Å². The summed E-state index contributed by atoms with van der Waals surface area (Å²) in [6.45, 7) is 14.1. The van der Waals surface area contributed by atoms with Gasteiger partial charge in [-0.3, -0.25) is 4.99 Å². The molecule has 0 radical (unpaired) electrons. The third-order valence-electron chi connectivity index (χ3n) is 4.26.